The molecule has 0 saturated carbocycles. The highest BCUT2D eigenvalue weighted by atomic mass is 16.5. The Hall–Kier alpha value is -1.88. The molecule has 0 heterocycles. The Morgan fingerprint density at radius 3 is 2.68 bits per heavy atom. The molecule has 0 bridgehead atoms. The number of hydrogen-bond acceptors (Lipinski definition) is 4. The molecule has 5 heteroatoms. The summed E-state index contributed by atoms with van der Waals surface area (Å²) in [5, 5.41) is 11.7. The van der Waals surface area contributed by atoms with Crippen LogP contribution < -0.4 is 5.32 Å². The van der Waals surface area contributed by atoms with E-state index in [1.165, 1.54) is 0 Å². The number of aliphatic hydroxyl groups excluding tert-OH is 1. The van der Waals surface area contributed by atoms with Crippen molar-refractivity contribution in [3.63, 3.8) is 0 Å². The van der Waals surface area contributed by atoms with Gasteiger partial charge in [-0.05, 0) is 18.1 Å². The fourth-order valence-electron chi connectivity index (χ4n) is 1.58. The average Bonchev–Trinajstić information content (AvgIpc) is 2.43. The van der Waals surface area contributed by atoms with Gasteiger partial charge >= 0.3 is 5.97 Å². The quantitative estimate of drug-likeness (QED) is 0.725. The number of benzene rings is 1. The molecule has 0 fully saturated rings. The van der Waals surface area contributed by atoms with Crippen molar-refractivity contribution in [2.24, 2.45) is 0 Å². The van der Waals surface area contributed by atoms with Gasteiger partial charge in [-0.2, -0.15) is 0 Å². The molecule has 0 aromatic heterocycles. The summed E-state index contributed by atoms with van der Waals surface area (Å²) < 4.78 is 4.74. The standard InChI is InChI=1S/C14H19NO4/c1-2-19-14(18)7-6-13(17)15-9-11-4-3-5-12(8-11)10-16/h3-5,8,16H,2,6-7,9-10H2,1H3,(H,15,17). The summed E-state index contributed by atoms with van der Waals surface area (Å²) in [6, 6.07) is 7.33. The predicted molar refractivity (Wildman–Crippen MR) is 70.1 cm³/mol. The van der Waals surface area contributed by atoms with E-state index in [4.69, 9.17) is 9.84 Å². The minimum Gasteiger partial charge on any atom is -0.466 e. The second-order valence-electron chi connectivity index (χ2n) is 4.06. The Morgan fingerprint density at radius 1 is 1.26 bits per heavy atom. The van der Waals surface area contributed by atoms with Crippen LogP contribution in [0.1, 0.15) is 30.9 Å². The van der Waals surface area contributed by atoms with Crippen molar-refractivity contribution < 1.29 is 19.4 Å². The van der Waals surface area contributed by atoms with Gasteiger partial charge in [0.05, 0.1) is 19.6 Å². The van der Waals surface area contributed by atoms with Crippen molar-refractivity contribution in [3.05, 3.63) is 35.4 Å². The van der Waals surface area contributed by atoms with Gasteiger partial charge in [-0.1, -0.05) is 24.3 Å². The van der Waals surface area contributed by atoms with Gasteiger partial charge < -0.3 is 15.2 Å². The zero-order valence-corrected chi connectivity index (χ0v) is 11.0. The van der Waals surface area contributed by atoms with Crippen LogP contribution in [-0.4, -0.2) is 23.6 Å². The number of nitrogens with one attached hydrogen (secondary N) is 1. The molecular formula is C14H19NO4. The highest BCUT2D eigenvalue weighted by Crippen LogP contribution is 2.05. The molecule has 104 valence electrons. The normalized spacial score (nSPS) is 10.0. The molecule has 0 radical (unpaired) electrons. The Morgan fingerprint density at radius 2 is 2.00 bits per heavy atom. The van der Waals surface area contributed by atoms with Crippen molar-refractivity contribution in [2.45, 2.75) is 32.9 Å². The topological polar surface area (TPSA) is 75.6 Å². The van der Waals surface area contributed by atoms with Gasteiger partial charge in [0.1, 0.15) is 0 Å². The number of aliphatic hydroxyl groups is 1. The number of carbonyl (C=O) groups is 2. The van der Waals surface area contributed by atoms with E-state index >= 15 is 0 Å². The number of ether oxygens (including phenoxy) is 1. The van der Waals surface area contributed by atoms with E-state index < -0.39 is 0 Å². The SMILES string of the molecule is CCOC(=O)CCC(=O)NCc1cccc(CO)c1. The van der Waals surface area contributed by atoms with Crippen LogP contribution in [0.15, 0.2) is 24.3 Å². The summed E-state index contributed by atoms with van der Waals surface area (Å²) in [4.78, 5) is 22.6. The van der Waals surface area contributed by atoms with E-state index in [-0.39, 0.29) is 31.3 Å². The lowest BCUT2D eigenvalue weighted by atomic mass is 10.1. The molecule has 1 aromatic rings. The summed E-state index contributed by atoms with van der Waals surface area (Å²) in [6.07, 6.45) is 0.217. The summed E-state index contributed by atoms with van der Waals surface area (Å²) >= 11 is 0. The first-order valence-electron chi connectivity index (χ1n) is 6.26. The third-order valence-corrected chi connectivity index (χ3v) is 2.53. The summed E-state index contributed by atoms with van der Waals surface area (Å²) in [5.41, 5.74) is 1.72. The van der Waals surface area contributed by atoms with Crippen LogP contribution in [0.4, 0.5) is 0 Å². The molecule has 19 heavy (non-hydrogen) atoms. The van der Waals surface area contributed by atoms with Gasteiger partial charge in [0.25, 0.3) is 0 Å². The Kier molecular flexibility index (Phi) is 6.60. The zero-order chi connectivity index (χ0) is 14.1. The summed E-state index contributed by atoms with van der Waals surface area (Å²) in [5.74, 6) is -0.553. The lowest BCUT2D eigenvalue weighted by Crippen LogP contribution is -2.23. The number of esters is 1. The van der Waals surface area contributed by atoms with Gasteiger partial charge in [-0.25, -0.2) is 0 Å². The molecule has 0 saturated heterocycles. The van der Waals surface area contributed by atoms with Gasteiger partial charge in [-0.15, -0.1) is 0 Å². The molecule has 2 N–H and O–H groups in total. The highest BCUT2D eigenvalue weighted by Gasteiger charge is 2.07. The van der Waals surface area contributed by atoms with Crippen molar-refractivity contribution in [2.75, 3.05) is 6.61 Å². The third kappa shape index (κ3) is 6.01. The molecule has 0 aliphatic rings. The van der Waals surface area contributed by atoms with Crippen molar-refractivity contribution in [1.82, 2.24) is 5.32 Å². The Bertz CT molecular complexity index is 431. The Balaban J connectivity index is 2.31. The van der Waals surface area contributed by atoms with Crippen molar-refractivity contribution >= 4 is 11.9 Å². The minimum atomic E-state index is -0.361. The van der Waals surface area contributed by atoms with Gasteiger partial charge in [0, 0.05) is 13.0 Å². The van der Waals surface area contributed by atoms with Crippen molar-refractivity contribution in [3.8, 4) is 0 Å². The molecule has 1 aromatic carbocycles. The number of amides is 1. The largest absolute Gasteiger partial charge is 0.466 e. The van der Waals surface area contributed by atoms with E-state index in [1.807, 2.05) is 24.3 Å². The van der Waals surface area contributed by atoms with Crippen molar-refractivity contribution in [1.29, 1.82) is 0 Å². The lowest BCUT2D eigenvalue weighted by molar-refractivity contribution is -0.144. The fraction of sp³-hybridized carbons (Fsp3) is 0.429. The molecule has 1 rings (SSSR count). The van der Waals surface area contributed by atoms with E-state index in [1.54, 1.807) is 6.92 Å². The van der Waals surface area contributed by atoms with Crippen LogP contribution >= 0.6 is 0 Å². The first-order chi connectivity index (χ1) is 9.15. The first kappa shape index (κ1) is 15.2. The molecule has 0 aliphatic heterocycles. The van der Waals surface area contributed by atoms with Crippen LogP contribution in [0.3, 0.4) is 0 Å². The molecule has 0 spiro atoms. The van der Waals surface area contributed by atoms with Crippen LogP contribution in [0.2, 0.25) is 0 Å². The van der Waals surface area contributed by atoms with Crippen LogP contribution in [-0.2, 0) is 27.5 Å². The third-order valence-electron chi connectivity index (χ3n) is 2.53. The number of hydrogen-bond donors (Lipinski definition) is 2. The van der Waals surface area contributed by atoms with E-state index in [9.17, 15) is 9.59 Å². The molecule has 5 nitrogen and oxygen atoms in total. The molecule has 0 unspecified atom stereocenters. The number of carbonyl (C=O) groups excluding carboxylic acids is 2. The molecule has 0 aliphatic carbocycles. The van der Waals surface area contributed by atoms with E-state index in [2.05, 4.69) is 5.32 Å². The maximum absolute atomic E-state index is 11.5. The van der Waals surface area contributed by atoms with Gasteiger partial charge in [0.15, 0.2) is 0 Å². The molecule has 0 atom stereocenters. The smallest absolute Gasteiger partial charge is 0.306 e. The maximum Gasteiger partial charge on any atom is 0.306 e. The maximum atomic E-state index is 11.5. The lowest BCUT2D eigenvalue weighted by Gasteiger charge is -2.06. The van der Waals surface area contributed by atoms with Gasteiger partial charge in [-0.3, -0.25) is 9.59 Å². The highest BCUT2D eigenvalue weighted by molar-refractivity contribution is 5.81. The average molecular weight is 265 g/mol. The van der Waals surface area contributed by atoms with Gasteiger partial charge in [0.2, 0.25) is 5.91 Å². The first-order valence-corrected chi connectivity index (χ1v) is 6.26. The monoisotopic (exact) mass is 265 g/mol. The summed E-state index contributed by atoms with van der Waals surface area (Å²) in [7, 11) is 0. The van der Waals surface area contributed by atoms with E-state index in [0.29, 0.717) is 13.2 Å². The Labute approximate surface area is 112 Å². The number of rotatable bonds is 7. The fourth-order valence-corrected chi connectivity index (χ4v) is 1.58. The van der Waals surface area contributed by atoms with Crippen LogP contribution in [0, 0.1) is 0 Å². The predicted octanol–water partition coefficient (Wildman–Crippen LogP) is 1.14. The zero-order valence-electron chi connectivity index (χ0n) is 11.0. The molecular weight excluding hydrogens is 246 g/mol. The second-order valence-corrected chi connectivity index (χ2v) is 4.06. The van der Waals surface area contributed by atoms with E-state index in [0.717, 1.165) is 11.1 Å². The van der Waals surface area contributed by atoms with Crippen LogP contribution in [0.25, 0.3) is 0 Å². The summed E-state index contributed by atoms with van der Waals surface area (Å²) in [6.45, 7) is 2.42. The second kappa shape index (κ2) is 8.26. The molecule has 1 amide bonds. The van der Waals surface area contributed by atoms with Crippen LogP contribution in [0.5, 0.6) is 0 Å². The minimum absolute atomic E-state index is 0.0232.